The number of rotatable bonds is 5. The molecule has 2 aliphatic rings. The predicted molar refractivity (Wildman–Crippen MR) is 159 cm³/mol. The fourth-order valence-electron chi connectivity index (χ4n) is 6.18. The van der Waals surface area contributed by atoms with Crippen molar-refractivity contribution in [1.29, 1.82) is 5.26 Å². The number of Topliss-reactive ketones (excluding diaryl/α,β-unsaturated/α-hetero) is 1. The SMILES string of the molecule is Cc1cc(COc2ccc(F)cc2)c(C)c(C2C(C#N)=C(N)N(c3cccc4ccccc34)C3=C2C(=O)CCC3)c1. The van der Waals surface area contributed by atoms with Gasteiger partial charge in [0.15, 0.2) is 5.78 Å². The Bertz CT molecular complexity index is 1790. The number of fused-ring (bicyclic) bond motifs is 1. The second-order valence-corrected chi connectivity index (χ2v) is 10.7. The van der Waals surface area contributed by atoms with Gasteiger partial charge < -0.3 is 10.5 Å². The fraction of sp³-hybridized carbons (Fsp3) is 0.200. The summed E-state index contributed by atoms with van der Waals surface area (Å²) >= 11 is 0. The molecular formula is C35H30FN3O2. The van der Waals surface area contributed by atoms with Crippen LogP contribution in [0.5, 0.6) is 5.75 Å². The largest absolute Gasteiger partial charge is 0.489 e. The average Bonchev–Trinajstić information content (AvgIpc) is 2.98. The van der Waals surface area contributed by atoms with Crippen molar-refractivity contribution in [2.75, 3.05) is 4.90 Å². The molecule has 41 heavy (non-hydrogen) atoms. The highest BCUT2D eigenvalue weighted by Gasteiger charge is 2.41. The molecule has 0 radical (unpaired) electrons. The summed E-state index contributed by atoms with van der Waals surface area (Å²) in [6.45, 7) is 4.25. The minimum Gasteiger partial charge on any atom is -0.489 e. The third-order valence-electron chi connectivity index (χ3n) is 8.14. The van der Waals surface area contributed by atoms with Crippen LogP contribution in [-0.4, -0.2) is 5.78 Å². The molecule has 5 nitrogen and oxygen atoms in total. The summed E-state index contributed by atoms with van der Waals surface area (Å²) in [4.78, 5) is 15.7. The number of hydrogen-bond acceptors (Lipinski definition) is 5. The first-order valence-corrected chi connectivity index (χ1v) is 13.8. The molecule has 4 aromatic carbocycles. The monoisotopic (exact) mass is 543 g/mol. The smallest absolute Gasteiger partial charge is 0.161 e. The Balaban J connectivity index is 1.50. The molecule has 1 unspecified atom stereocenters. The first kappa shape index (κ1) is 26.3. The normalized spacial score (nSPS) is 17.1. The number of aryl methyl sites for hydroxylation is 1. The van der Waals surface area contributed by atoms with Crippen molar-refractivity contribution < 1.29 is 13.9 Å². The summed E-state index contributed by atoms with van der Waals surface area (Å²) in [5.74, 6) is 0.0694. The van der Waals surface area contributed by atoms with Gasteiger partial charge in [-0.1, -0.05) is 54.1 Å². The Hall–Kier alpha value is -4.89. The maximum atomic E-state index is 13.7. The third kappa shape index (κ3) is 4.64. The zero-order chi connectivity index (χ0) is 28.7. The molecule has 1 atom stereocenters. The Kier molecular flexibility index (Phi) is 6.80. The molecule has 1 aliphatic carbocycles. The van der Waals surface area contributed by atoms with Crippen LogP contribution in [0.2, 0.25) is 0 Å². The quantitative estimate of drug-likeness (QED) is 0.282. The van der Waals surface area contributed by atoms with Crippen LogP contribution >= 0.6 is 0 Å². The minimum atomic E-state index is -0.571. The standard InChI is InChI=1S/C35H30FN3O2/c1-21-17-24(20-41-26-15-13-25(36)14-16-26)22(2)28(18-21)33-29(19-37)35(38)39(31-11-6-12-32(40)34(31)33)30-10-5-8-23-7-3-4-9-27(23)30/h3-5,7-10,13-18,33H,6,11-12,20,38H2,1-2H3. The number of hydrogen-bond donors (Lipinski definition) is 1. The van der Waals surface area contributed by atoms with Gasteiger partial charge in [-0.15, -0.1) is 0 Å². The van der Waals surface area contributed by atoms with E-state index in [0.717, 1.165) is 50.8 Å². The highest BCUT2D eigenvalue weighted by atomic mass is 19.1. The van der Waals surface area contributed by atoms with Gasteiger partial charge in [0.2, 0.25) is 0 Å². The third-order valence-corrected chi connectivity index (χ3v) is 8.14. The van der Waals surface area contributed by atoms with Gasteiger partial charge in [-0.3, -0.25) is 9.69 Å². The second kappa shape index (κ2) is 10.6. The maximum absolute atomic E-state index is 13.7. The molecule has 0 saturated carbocycles. The van der Waals surface area contributed by atoms with Crippen molar-refractivity contribution >= 4 is 22.2 Å². The molecule has 0 fully saturated rings. The number of nitrogens with zero attached hydrogens (tertiary/aromatic N) is 2. The molecule has 2 N–H and O–H groups in total. The van der Waals surface area contributed by atoms with E-state index in [0.29, 0.717) is 35.6 Å². The van der Waals surface area contributed by atoms with E-state index < -0.39 is 5.92 Å². The van der Waals surface area contributed by atoms with Crippen LogP contribution in [0.25, 0.3) is 10.8 Å². The zero-order valence-corrected chi connectivity index (χ0v) is 23.1. The molecule has 6 heteroatoms. The fourth-order valence-corrected chi connectivity index (χ4v) is 6.18. The minimum absolute atomic E-state index is 0.0479. The molecule has 6 rings (SSSR count). The maximum Gasteiger partial charge on any atom is 0.161 e. The van der Waals surface area contributed by atoms with Crippen LogP contribution in [0.4, 0.5) is 10.1 Å². The van der Waals surface area contributed by atoms with Crippen molar-refractivity contribution in [1.82, 2.24) is 0 Å². The van der Waals surface area contributed by atoms with Crippen LogP contribution in [0.15, 0.2) is 102 Å². The van der Waals surface area contributed by atoms with E-state index in [4.69, 9.17) is 10.5 Å². The number of halogens is 1. The van der Waals surface area contributed by atoms with Gasteiger partial charge in [-0.2, -0.15) is 5.26 Å². The highest BCUT2D eigenvalue weighted by molar-refractivity contribution is 6.03. The molecule has 204 valence electrons. The van der Waals surface area contributed by atoms with Crippen molar-refractivity contribution in [3.05, 3.63) is 130 Å². The van der Waals surface area contributed by atoms with Gasteiger partial charge in [0.25, 0.3) is 0 Å². The highest BCUT2D eigenvalue weighted by Crippen LogP contribution is 2.48. The van der Waals surface area contributed by atoms with Gasteiger partial charge in [0, 0.05) is 23.1 Å². The van der Waals surface area contributed by atoms with Crippen molar-refractivity contribution in [3.63, 3.8) is 0 Å². The van der Waals surface area contributed by atoms with Crippen LogP contribution in [0.1, 0.15) is 47.4 Å². The van der Waals surface area contributed by atoms with Crippen molar-refractivity contribution in [2.24, 2.45) is 5.73 Å². The van der Waals surface area contributed by atoms with Crippen molar-refractivity contribution in [2.45, 2.75) is 45.6 Å². The van der Waals surface area contributed by atoms with Crippen molar-refractivity contribution in [3.8, 4) is 11.8 Å². The van der Waals surface area contributed by atoms with E-state index in [2.05, 4.69) is 6.07 Å². The lowest BCUT2D eigenvalue weighted by molar-refractivity contribution is -0.116. The number of ketones is 1. The number of nitriles is 1. The molecule has 0 saturated heterocycles. The predicted octanol–water partition coefficient (Wildman–Crippen LogP) is 7.48. The van der Waals surface area contributed by atoms with E-state index in [1.165, 1.54) is 12.1 Å². The first-order valence-electron chi connectivity index (χ1n) is 13.8. The van der Waals surface area contributed by atoms with Crippen LogP contribution in [-0.2, 0) is 11.4 Å². The number of nitrogens with two attached hydrogens (primary N) is 1. The van der Waals surface area contributed by atoms with E-state index in [1.807, 2.05) is 73.3 Å². The van der Waals surface area contributed by atoms with E-state index in [-0.39, 0.29) is 18.2 Å². The summed E-state index contributed by atoms with van der Waals surface area (Å²) in [5.41, 5.74) is 13.4. The summed E-state index contributed by atoms with van der Waals surface area (Å²) < 4.78 is 19.4. The zero-order valence-electron chi connectivity index (χ0n) is 23.1. The van der Waals surface area contributed by atoms with Gasteiger partial charge in [-0.25, -0.2) is 4.39 Å². The summed E-state index contributed by atoms with van der Waals surface area (Å²) in [5, 5.41) is 12.6. The Labute approximate surface area is 239 Å². The van der Waals surface area contributed by atoms with Crippen LogP contribution in [0.3, 0.4) is 0 Å². The molecule has 0 amide bonds. The molecule has 1 heterocycles. The summed E-state index contributed by atoms with van der Waals surface area (Å²) in [7, 11) is 0. The number of anilines is 1. The number of carbonyl (C=O) groups is 1. The lowest BCUT2D eigenvalue weighted by Crippen LogP contribution is -2.39. The Morgan fingerprint density at radius 1 is 1.02 bits per heavy atom. The topological polar surface area (TPSA) is 79.3 Å². The van der Waals surface area contributed by atoms with Gasteiger partial charge in [0.1, 0.15) is 24.0 Å². The summed E-state index contributed by atoms with van der Waals surface area (Å²) in [6.07, 6.45) is 1.85. The van der Waals surface area contributed by atoms with Gasteiger partial charge in [0.05, 0.1) is 23.2 Å². The molecule has 4 aromatic rings. The number of benzene rings is 4. The van der Waals surface area contributed by atoms with E-state index in [1.54, 1.807) is 12.1 Å². The van der Waals surface area contributed by atoms with E-state index >= 15 is 0 Å². The molecule has 0 spiro atoms. The Morgan fingerprint density at radius 2 is 1.78 bits per heavy atom. The van der Waals surface area contributed by atoms with E-state index in [9.17, 15) is 14.4 Å². The molecule has 1 aliphatic heterocycles. The average molecular weight is 544 g/mol. The number of carbonyl (C=O) groups excluding carboxylic acids is 1. The second-order valence-electron chi connectivity index (χ2n) is 10.7. The summed E-state index contributed by atoms with van der Waals surface area (Å²) in [6, 6.07) is 26.5. The molecule has 0 bridgehead atoms. The molecular weight excluding hydrogens is 513 g/mol. The lowest BCUT2D eigenvalue weighted by atomic mass is 9.73. The first-order chi connectivity index (χ1) is 19.9. The van der Waals surface area contributed by atoms with Gasteiger partial charge in [-0.05, 0) is 79.1 Å². The van der Waals surface area contributed by atoms with Crippen LogP contribution < -0.4 is 15.4 Å². The van der Waals surface area contributed by atoms with Crippen LogP contribution in [0, 0.1) is 31.0 Å². The lowest BCUT2D eigenvalue weighted by Gasteiger charge is -2.40. The Morgan fingerprint density at radius 3 is 2.56 bits per heavy atom. The van der Waals surface area contributed by atoms with Gasteiger partial charge >= 0.3 is 0 Å². The molecule has 0 aromatic heterocycles. The number of allylic oxidation sites excluding steroid dienone is 3. The number of ether oxygens (including phenoxy) is 1.